The van der Waals surface area contributed by atoms with Crippen LogP contribution < -0.4 is 33.9 Å². The third kappa shape index (κ3) is 8.70. The summed E-state index contributed by atoms with van der Waals surface area (Å²) in [5.74, 6) is 2.83. The molecule has 1 N–H and O–H groups in total. The summed E-state index contributed by atoms with van der Waals surface area (Å²) in [4.78, 5) is 29.5. The van der Waals surface area contributed by atoms with Crippen LogP contribution in [0.3, 0.4) is 0 Å². The first-order valence-corrected chi connectivity index (χ1v) is 16.3. The summed E-state index contributed by atoms with van der Waals surface area (Å²) in [7, 11) is 6.85. The first kappa shape index (κ1) is 35.2. The van der Waals surface area contributed by atoms with Gasteiger partial charge in [0.15, 0.2) is 23.0 Å². The highest BCUT2D eigenvalue weighted by atomic mass is 16.6. The molecule has 5 rings (SSSR count). The Labute approximate surface area is 288 Å². The molecular weight excluding hydrogens is 624 g/mol. The zero-order valence-corrected chi connectivity index (χ0v) is 29.4. The van der Waals surface area contributed by atoms with Crippen LogP contribution >= 0.6 is 0 Å². The molecule has 3 aromatic carbocycles. The van der Waals surface area contributed by atoms with Crippen LogP contribution in [0.15, 0.2) is 60.8 Å². The number of aromatic nitrogens is 2. The number of nitrogens with one attached hydrogen (secondary N) is 1. The molecule has 49 heavy (non-hydrogen) atoms. The van der Waals surface area contributed by atoms with Crippen molar-refractivity contribution in [2.24, 2.45) is 0 Å². The Morgan fingerprint density at radius 3 is 2.27 bits per heavy atom. The van der Waals surface area contributed by atoms with Gasteiger partial charge in [0.05, 0.1) is 33.6 Å². The highest BCUT2D eigenvalue weighted by molar-refractivity contribution is 5.98. The van der Waals surface area contributed by atoms with Gasteiger partial charge in [-0.1, -0.05) is 24.3 Å². The zero-order valence-electron chi connectivity index (χ0n) is 29.4. The Morgan fingerprint density at radius 2 is 1.57 bits per heavy atom. The van der Waals surface area contributed by atoms with Gasteiger partial charge in [-0.3, -0.25) is 0 Å². The molecule has 0 bridgehead atoms. The monoisotopic (exact) mass is 670 g/mol. The summed E-state index contributed by atoms with van der Waals surface area (Å²) in [5.41, 5.74) is 3.99. The predicted octanol–water partition coefficient (Wildman–Crippen LogP) is 6.52. The van der Waals surface area contributed by atoms with Gasteiger partial charge in [0.25, 0.3) is 0 Å². The lowest BCUT2D eigenvalue weighted by molar-refractivity contribution is 0.145. The molecule has 12 heteroatoms. The fraction of sp³-hybridized carbons (Fsp3) is 0.378. The number of nitrogens with zero attached hydrogens (tertiary/aromatic N) is 5. The van der Waals surface area contributed by atoms with E-state index in [2.05, 4.69) is 27.1 Å². The van der Waals surface area contributed by atoms with Gasteiger partial charge in [0, 0.05) is 62.8 Å². The number of anilines is 4. The van der Waals surface area contributed by atoms with Crippen molar-refractivity contribution in [1.82, 2.24) is 19.8 Å². The molecule has 1 amide bonds. The minimum Gasteiger partial charge on any atom is -0.493 e. The number of benzene rings is 3. The molecule has 0 spiro atoms. The van der Waals surface area contributed by atoms with Crippen molar-refractivity contribution >= 4 is 29.2 Å². The van der Waals surface area contributed by atoms with E-state index >= 15 is 0 Å². The topological polar surface area (TPSA) is 111 Å². The van der Waals surface area contributed by atoms with Gasteiger partial charge in [-0.15, -0.1) is 0 Å². The quantitative estimate of drug-likeness (QED) is 0.157. The maximum Gasteiger partial charge on any atom is 0.425 e. The third-order valence-corrected chi connectivity index (χ3v) is 8.41. The van der Waals surface area contributed by atoms with Crippen molar-refractivity contribution in [3.8, 4) is 28.7 Å². The van der Waals surface area contributed by atoms with Crippen LogP contribution in [0.1, 0.15) is 23.1 Å². The number of hydrogen-bond donors (Lipinski definition) is 1. The lowest BCUT2D eigenvalue weighted by Crippen LogP contribution is -2.44. The van der Waals surface area contributed by atoms with Gasteiger partial charge in [-0.25, -0.2) is 14.7 Å². The van der Waals surface area contributed by atoms with Crippen LogP contribution in [-0.2, 0) is 0 Å². The van der Waals surface area contributed by atoms with Crippen molar-refractivity contribution in [2.45, 2.75) is 27.2 Å². The van der Waals surface area contributed by atoms with E-state index in [0.29, 0.717) is 52.5 Å². The highest BCUT2D eigenvalue weighted by Crippen LogP contribution is 2.41. The first-order valence-electron chi connectivity index (χ1n) is 16.3. The first-order chi connectivity index (χ1) is 23.7. The maximum absolute atomic E-state index is 14.0. The van der Waals surface area contributed by atoms with Crippen LogP contribution in [0, 0.1) is 20.8 Å². The molecule has 4 aromatic rings. The Kier molecular flexibility index (Phi) is 11.8. The summed E-state index contributed by atoms with van der Waals surface area (Å²) >= 11 is 0. The molecular formula is C37H46N6O6. The molecule has 1 aliphatic heterocycles. The molecule has 2 heterocycles. The number of amides is 1. The van der Waals surface area contributed by atoms with Crippen molar-refractivity contribution in [3.63, 3.8) is 0 Å². The van der Waals surface area contributed by atoms with Crippen molar-refractivity contribution in [3.05, 3.63) is 77.5 Å². The maximum atomic E-state index is 14.0. The molecule has 0 unspecified atom stereocenters. The van der Waals surface area contributed by atoms with Crippen LogP contribution in [0.25, 0.3) is 0 Å². The van der Waals surface area contributed by atoms with Crippen molar-refractivity contribution in [1.29, 1.82) is 0 Å². The zero-order chi connectivity index (χ0) is 34.9. The van der Waals surface area contributed by atoms with Gasteiger partial charge in [-0.2, -0.15) is 4.98 Å². The van der Waals surface area contributed by atoms with E-state index in [1.807, 2.05) is 57.2 Å². The summed E-state index contributed by atoms with van der Waals surface area (Å²) in [5, 5.41) is 3.26. The molecule has 0 saturated carbocycles. The lowest BCUT2D eigenvalue weighted by Gasteiger charge is -2.32. The molecule has 0 aliphatic carbocycles. The second-order valence-corrected chi connectivity index (χ2v) is 12.0. The number of hydrogen-bond acceptors (Lipinski definition) is 11. The van der Waals surface area contributed by atoms with Gasteiger partial charge < -0.3 is 38.8 Å². The van der Waals surface area contributed by atoms with Crippen molar-refractivity contribution < 1.29 is 28.5 Å². The SMILES string of the molecule is COc1cc(C)ccc1OC(=O)N(c1ccnc(Nc2cc(OC)c(OC)c(OCCCN3CCN(C)CC3)c2)n1)c1c(C)cccc1C. The fourth-order valence-electron chi connectivity index (χ4n) is 5.77. The van der Waals surface area contributed by atoms with E-state index in [-0.39, 0.29) is 5.95 Å². The van der Waals surface area contributed by atoms with E-state index in [4.69, 9.17) is 28.7 Å². The summed E-state index contributed by atoms with van der Waals surface area (Å²) < 4.78 is 28.9. The molecule has 1 saturated heterocycles. The molecule has 0 radical (unpaired) electrons. The smallest absolute Gasteiger partial charge is 0.425 e. The van der Waals surface area contributed by atoms with Crippen LogP contribution in [-0.4, -0.2) is 93.6 Å². The number of para-hydroxylation sites is 1. The molecule has 12 nitrogen and oxygen atoms in total. The van der Waals surface area contributed by atoms with E-state index < -0.39 is 6.09 Å². The third-order valence-electron chi connectivity index (χ3n) is 8.41. The molecule has 0 atom stereocenters. The number of methoxy groups -OCH3 is 3. The van der Waals surface area contributed by atoms with E-state index in [9.17, 15) is 4.79 Å². The average molecular weight is 671 g/mol. The standard InChI is InChI=1S/C37H46N6O6/c1-25-12-13-29(30(22-25)45-5)49-37(44)43(34-26(2)10-8-11-27(34)3)33-14-15-38-36(40-33)39-28-23-31(46-6)35(47-7)32(24-28)48-21-9-16-42-19-17-41(4)18-20-42/h8,10-15,22-24H,9,16-21H2,1-7H3,(H,38,39,40). The van der Waals surface area contributed by atoms with E-state index in [1.165, 1.54) is 12.0 Å². The second kappa shape index (κ2) is 16.4. The second-order valence-electron chi connectivity index (χ2n) is 12.0. The minimum absolute atomic E-state index is 0.252. The van der Waals surface area contributed by atoms with Crippen LogP contribution in [0.5, 0.6) is 28.7 Å². The fourth-order valence-corrected chi connectivity index (χ4v) is 5.77. The number of aryl methyl sites for hydroxylation is 3. The van der Waals surface area contributed by atoms with Gasteiger partial charge in [0.1, 0.15) is 5.82 Å². The van der Waals surface area contributed by atoms with Crippen LogP contribution in [0.2, 0.25) is 0 Å². The minimum atomic E-state index is -0.650. The summed E-state index contributed by atoms with van der Waals surface area (Å²) in [6.45, 7) is 11.6. The predicted molar refractivity (Wildman–Crippen MR) is 191 cm³/mol. The normalized spacial score (nSPS) is 13.4. The lowest BCUT2D eigenvalue weighted by atomic mass is 10.1. The Balaban J connectivity index is 1.40. The summed E-state index contributed by atoms with van der Waals surface area (Å²) in [6.07, 6.45) is 1.81. The number of ether oxygens (including phenoxy) is 5. The highest BCUT2D eigenvalue weighted by Gasteiger charge is 2.27. The molecule has 1 aliphatic rings. The van der Waals surface area contributed by atoms with Gasteiger partial charge >= 0.3 is 6.09 Å². The van der Waals surface area contributed by atoms with E-state index in [1.54, 1.807) is 38.6 Å². The Morgan fingerprint density at radius 1 is 0.857 bits per heavy atom. The molecule has 1 aromatic heterocycles. The van der Waals surface area contributed by atoms with Gasteiger partial charge in [0.2, 0.25) is 11.7 Å². The number of likely N-dealkylation sites (N-methyl/N-ethyl adjacent to an activating group) is 1. The number of rotatable bonds is 13. The largest absolute Gasteiger partial charge is 0.493 e. The number of piperazine rings is 1. The van der Waals surface area contributed by atoms with Crippen LogP contribution in [0.4, 0.5) is 27.9 Å². The Bertz CT molecular complexity index is 1720. The molecule has 260 valence electrons. The average Bonchev–Trinajstić information content (AvgIpc) is 3.09. The number of carbonyl (C=O) groups excluding carboxylic acids is 1. The Hall–Kier alpha value is -5.07. The molecule has 1 fully saturated rings. The van der Waals surface area contributed by atoms with Crippen molar-refractivity contribution in [2.75, 3.05) is 77.9 Å². The number of carbonyl (C=O) groups is 1. The summed E-state index contributed by atoms with van der Waals surface area (Å²) in [6, 6.07) is 16.5. The van der Waals surface area contributed by atoms with Gasteiger partial charge in [-0.05, 0) is 63.1 Å². The van der Waals surface area contributed by atoms with E-state index in [0.717, 1.165) is 55.8 Å².